The number of rotatable bonds is 6. The Balaban J connectivity index is 1.73. The fourth-order valence-electron chi connectivity index (χ4n) is 2.58. The van der Waals surface area contributed by atoms with Gasteiger partial charge in [-0.2, -0.15) is 0 Å². The molecular formula is C16H24N2O4S. The van der Waals surface area contributed by atoms with Crippen molar-refractivity contribution in [3.8, 4) is 5.75 Å². The van der Waals surface area contributed by atoms with Crippen LogP contribution in [0.3, 0.4) is 0 Å². The number of sulfonamides is 1. The number of benzene rings is 1. The first kappa shape index (κ1) is 17.7. The van der Waals surface area contributed by atoms with E-state index in [9.17, 15) is 13.2 Å². The highest BCUT2D eigenvalue weighted by molar-refractivity contribution is 7.88. The number of piperidine rings is 1. The van der Waals surface area contributed by atoms with Crippen LogP contribution in [0.25, 0.3) is 0 Å². The summed E-state index contributed by atoms with van der Waals surface area (Å²) in [5, 5.41) is 2.82. The molecule has 1 heterocycles. The Kier molecular flexibility index (Phi) is 6.01. The molecule has 1 saturated heterocycles. The molecule has 6 nitrogen and oxygen atoms in total. The van der Waals surface area contributed by atoms with E-state index in [1.807, 2.05) is 31.2 Å². The highest BCUT2D eigenvalue weighted by Crippen LogP contribution is 2.18. The predicted octanol–water partition coefficient (Wildman–Crippen LogP) is 1.16. The van der Waals surface area contributed by atoms with E-state index < -0.39 is 10.0 Å². The molecule has 0 aliphatic carbocycles. The zero-order chi connectivity index (χ0) is 16.9. The van der Waals surface area contributed by atoms with Crippen LogP contribution in [0, 0.1) is 12.8 Å². The van der Waals surface area contributed by atoms with Gasteiger partial charge in [-0.25, -0.2) is 12.7 Å². The SMILES string of the molecule is Cc1ccc(OCCNC(=O)[C@@H]2CCCN(S(C)(=O)=O)C2)cc1. The van der Waals surface area contributed by atoms with Crippen LogP contribution in [0.1, 0.15) is 18.4 Å². The lowest BCUT2D eigenvalue weighted by molar-refractivity contribution is -0.126. The summed E-state index contributed by atoms with van der Waals surface area (Å²) in [6.45, 7) is 3.57. The number of nitrogens with one attached hydrogen (secondary N) is 1. The van der Waals surface area contributed by atoms with Crippen molar-refractivity contribution in [2.45, 2.75) is 19.8 Å². The second kappa shape index (κ2) is 7.79. The van der Waals surface area contributed by atoms with Gasteiger partial charge in [-0.3, -0.25) is 4.79 Å². The first-order chi connectivity index (χ1) is 10.9. The van der Waals surface area contributed by atoms with Gasteiger partial charge in [-0.1, -0.05) is 17.7 Å². The summed E-state index contributed by atoms with van der Waals surface area (Å²) in [5.41, 5.74) is 1.17. The van der Waals surface area contributed by atoms with Gasteiger partial charge in [-0.05, 0) is 31.9 Å². The summed E-state index contributed by atoms with van der Waals surface area (Å²) >= 11 is 0. The van der Waals surface area contributed by atoms with E-state index in [0.717, 1.165) is 12.2 Å². The maximum Gasteiger partial charge on any atom is 0.224 e. The molecule has 1 atom stereocenters. The zero-order valence-electron chi connectivity index (χ0n) is 13.6. The third-order valence-corrected chi connectivity index (χ3v) is 5.18. The Hall–Kier alpha value is -1.60. The van der Waals surface area contributed by atoms with Gasteiger partial charge in [0.15, 0.2) is 0 Å². The van der Waals surface area contributed by atoms with Crippen molar-refractivity contribution in [1.82, 2.24) is 9.62 Å². The van der Waals surface area contributed by atoms with Gasteiger partial charge in [0, 0.05) is 13.1 Å². The van der Waals surface area contributed by atoms with E-state index >= 15 is 0 Å². The summed E-state index contributed by atoms with van der Waals surface area (Å²) in [6, 6.07) is 7.72. The molecule has 0 saturated carbocycles. The molecule has 2 rings (SSSR count). The van der Waals surface area contributed by atoms with Gasteiger partial charge in [-0.15, -0.1) is 0 Å². The minimum atomic E-state index is -3.23. The number of ether oxygens (including phenoxy) is 1. The van der Waals surface area contributed by atoms with Crippen LogP contribution in [-0.4, -0.2) is 51.1 Å². The van der Waals surface area contributed by atoms with Gasteiger partial charge in [0.05, 0.1) is 18.7 Å². The van der Waals surface area contributed by atoms with Crippen molar-refractivity contribution in [1.29, 1.82) is 0 Å². The highest BCUT2D eigenvalue weighted by atomic mass is 32.2. The first-order valence-corrected chi connectivity index (χ1v) is 9.63. The number of nitrogens with zero attached hydrogens (tertiary/aromatic N) is 1. The molecule has 1 fully saturated rings. The van der Waals surface area contributed by atoms with E-state index in [1.54, 1.807) is 0 Å². The van der Waals surface area contributed by atoms with Crippen molar-refractivity contribution in [2.24, 2.45) is 5.92 Å². The molecule has 1 N–H and O–H groups in total. The van der Waals surface area contributed by atoms with Gasteiger partial charge in [0.2, 0.25) is 15.9 Å². The standard InChI is InChI=1S/C16H24N2O4S/c1-13-5-7-15(8-6-13)22-11-9-17-16(19)14-4-3-10-18(12-14)23(2,20)21/h5-8,14H,3-4,9-12H2,1-2H3,(H,17,19)/t14-/m1/s1. The van der Waals surface area contributed by atoms with Gasteiger partial charge in [0.1, 0.15) is 12.4 Å². The third kappa shape index (κ3) is 5.51. The number of carbonyl (C=O) groups is 1. The third-order valence-electron chi connectivity index (χ3n) is 3.91. The lowest BCUT2D eigenvalue weighted by Crippen LogP contribution is -2.45. The van der Waals surface area contributed by atoms with Crippen molar-refractivity contribution in [3.63, 3.8) is 0 Å². The van der Waals surface area contributed by atoms with E-state index in [2.05, 4.69) is 5.32 Å². The largest absolute Gasteiger partial charge is 0.492 e. The Morgan fingerprint density at radius 1 is 1.35 bits per heavy atom. The van der Waals surface area contributed by atoms with Crippen LogP contribution in [0.2, 0.25) is 0 Å². The summed E-state index contributed by atoms with van der Waals surface area (Å²) in [7, 11) is -3.23. The normalized spacial score (nSPS) is 19.3. The minimum Gasteiger partial charge on any atom is -0.492 e. The number of amides is 1. The molecule has 1 aromatic rings. The fourth-order valence-corrected chi connectivity index (χ4v) is 3.49. The Labute approximate surface area is 137 Å². The van der Waals surface area contributed by atoms with Gasteiger partial charge in [0.25, 0.3) is 0 Å². The molecule has 0 bridgehead atoms. The Morgan fingerprint density at radius 3 is 2.70 bits per heavy atom. The molecule has 0 radical (unpaired) electrons. The Bertz CT molecular complexity index is 628. The van der Waals surface area contributed by atoms with E-state index in [-0.39, 0.29) is 18.4 Å². The van der Waals surface area contributed by atoms with E-state index in [1.165, 1.54) is 16.1 Å². The van der Waals surface area contributed by atoms with Crippen LogP contribution in [0.4, 0.5) is 0 Å². The van der Waals surface area contributed by atoms with Crippen LogP contribution in [0.15, 0.2) is 24.3 Å². The highest BCUT2D eigenvalue weighted by Gasteiger charge is 2.29. The topological polar surface area (TPSA) is 75.7 Å². The summed E-state index contributed by atoms with van der Waals surface area (Å²) in [4.78, 5) is 12.1. The fraction of sp³-hybridized carbons (Fsp3) is 0.562. The molecule has 7 heteroatoms. The molecule has 1 aromatic carbocycles. The maximum atomic E-state index is 12.1. The van der Waals surface area contributed by atoms with Crippen LogP contribution in [0.5, 0.6) is 5.75 Å². The lowest BCUT2D eigenvalue weighted by atomic mass is 9.99. The Morgan fingerprint density at radius 2 is 2.04 bits per heavy atom. The van der Waals surface area contributed by atoms with Crippen LogP contribution < -0.4 is 10.1 Å². The van der Waals surface area contributed by atoms with Crippen molar-refractivity contribution >= 4 is 15.9 Å². The number of hydrogen-bond donors (Lipinski definition) is 1. The molecule has 128 valence electrons. The predicted molar refractivity (Wildman–Crippen MR) is 88.8 cm³/mol. The minimum absolute atomic E-state index is 0.106. The molecule has 1 aliphatic rings. The van der Waals surface area contributed by atoms with Gasteiger partial charge < -0.3 is 10.1 Å². The zero-order valence-corrected chi connectivity index (χ0v) is 14.4. The van der Waals surface area contributed by atoms with Crippen molar-refractivity contribution < 1.29 is 17.9 Å². The monoisotopic (exact) mass is 340 g/mol. The van der Waals surface area contributed by atoms with Crippen molar-refractivity contribution in [3.05, 3.63) is 29.8 Å². The van der Waals surface area contributed by atoms with Crippen LogP contribution in [-0.2, 0) is 14.8 Å². The number of carbonyl (C=O) groups excluding carboxylic acids is 1. The van der Waals surface area contributed by atoms with E-state index in [0.29, 0.717) is 26.1 Å². The number of hydrogen-bond acceptors (Lipinski definition) is 4. The molecule has 23 heavy (non-hydrogen) atoms. The molecule has 0 aromatic heterocycles. The van der Waals surface area contributed by atoms with E-state index in [4.69, 9.17) is 4.74 Å². The number of aryl methyl sites for hydroxylation is 1. The molecule has 1 amide bonds. The molecular weight excluding hydrogens is 316 g/mol. The maximum absolute atomic E-state index is 12.1. The molecule has 1 aliphatic heterocycles. The quantitative estimate of drug-likeness (QED) is 0.789. The van der Waals surface area contributed by atoms with Crippen LogP contribution >= 0.6 is 0 Å². The van der Waals surface area contributed by atoms with Gasteiger partial charge >= 0.3 is 0 Å². The summed E-state index contributed by atoms with van der Waals surface area (Å²) in [5.74, 6) is 0.384. The second-order valence-corrected chi connectivity index (χ2v) is 7.90. The molecule has 0 spiro atoms. The molecule has 0 unspecified atom stereocenters. The first-order valence-electron chi connectivity index (χ1n) is 7.78. The lowest BCUT2D eigenvalue weighted by Gasteiger charge is -2.30. The smallest absolute Gasteiger partial charge is 0.224 e. The average Bonchev–Trinajstić information content (AvgIpc) is 2.52. The van der Waals surface area contributed by atoms with Crippen molar-refractivity contribution in [2.75, 3.05) is 32.5 Å². The summed E-state index contributed by atoms with van der Waals surface area (Å²) in [6.07, 6.45) is 2.62. The second-order valence-electron chi connectivity index (χ2n) is 5.91. The average molecular weight is 340 g/mol. The summed E-state index contributed by atoms with van der Waals surface area (Å²) < 4.78 is 30.1.